The lowest BCUT2D eigenvalue weighted by Crippen LogP contribution is -2.64. The average molecular weight is 424 g/mol. The Labute approximate surface area is 173 Å². The summed E-state index contributed by atoms with van der Waals surface area (Å²) in [6.07, 6.45) is -2.90. The zero-order valence-electron chi connectivity index (χ0n) is 17.3. The van der Waals surface area contributed by atoms with E-state index in [9.17, 15) is 18.8 Å². The first-order chi connectivity index (χ1) is 14.3. The van der Waals surface area contributed by atoms with Crippen LogP contribution in [0, 0.1) is 5.82 Å². The minimum Gasteiger partial charge on any atom is -0.453 e. The standard InChI is InChI=1S/C19H25FN4O6/c1-5-29-16(25)21-24(18(27)30-6-2)19-9-10-23(17(26)28-4)15(19)22(3)14-8-7-12(20)11-13(14)19/h7-8,11,15H,5-6,9-10H2,1-4H3,(H,21,25)/t15-,19+/m0/s1. The number of amides is 3. The van der Waals surface area contributed by atoms with Crippen LogP contribution in [0.3, 0.4) is 0 Å². The fraction of sp³-hybridized carbons (Fsp3) is 0.526. The molecule has 0 saturated carbocycles. The van der Waals surface area contributed by atoms with Gasteiger partial charge in [-0.1, -0.05) is 0 Å². The predicted molar refractivity (Wildman–Crippen MR) is 103 cm³/mol. The molecule has 1 saturated heterocycles. The van der Waals surface area contributed by atoms with Crippen molar-refractivity contribution in [2.24, 2.45) is 0 Å². The van der Waals surface area contributed by atoms with E-state index in [2.05, 4.69) is 5.43 Å². The van der Waals surface area contributed by atoms with E-state index in [1.54, 1.807) is 31.9 Å². The number of halogens is 1. The highest BCUT2D eigenvalue weighted by Gasteiger charge is 2.63. The van der Waals surface area contributed by atoms with Crippen molar-refractivity contribution in [3.8, 4) is 0 Å². The Morgan fingerprint density at radius 2 is 1.97 bits per heavy atom. The first-order valence-corrected chi connectivity index (χ1v) is 9.59. The van der Waals surface area contributed by atoms with Crippen molar-refractivity contribution in [2.75, 3.05) is 38.8 Å². The molecule has 1 fully saturated rings. The number of hydrazine groups is 1. The van der Waals surface area contributed by atoms with Crippen LogP contribution in [-0.2, 0) is 19.7 Å². The van der Waals surface area contributed by atoms with Crippen molar-refractivity contribution in [3.05, 3.63) is 29.6 Å². The largest absolute Gasteiger partial charge is 0.453 e. The maximum Gasteiger partial charge on any atom is 0.429 e. The number of nitrogens with one attached hydrogen (secondary N) is 1. The van der Waals surface area contributed by atoms with Crippen LogP contribution in [0.1, 0.15) is 25.8 Å². The van der Waals surface area contributed by atoms with E-state index in [-0.39, 0.29) is 26.2 Å². The molecule has 0 radical (unpaired) electrons. The topological polar surface area (TPSA) is 101 Å². The first kappa shape index (κ1) is 21.5. The van der Waals surface area contributed by atoms with E-state index in [1.165, 1.54) is 24.1 Å². The monoisotopic (exact) mass is 424 g/mol. The second kappa shape index (κ2) is 8.25. The average Bonchev–Trinajstić information content (AvgIpc) is 3.21. The van der Waals surface area contributed by atoms with Crippen LogP contribution in [-0.4, -0.2) is 68.3 Å². The van der Waals surface area contributed by atoms with Gasteiger partial charge >= 0.3 is 18.3 Å². The maximum atomic E-state index is 14.3. The summed E-state index contributed by atoms with van der Waals surface area (Å²) >= 11 is 0. The first-order valence-electron chi connectivity index (χ1n) is 9.59. The van der Waals surface area contributed by atoms with Crippen molar-refractivity contribution in [3.63, 3.8) is 0 Å². The van der Waals surface area contributed by atoms with Gasteiger partial charge in [-0.15, -0.1) is 0 Å². The van der Waals surface area contributed by atoms with Gasteiger partial charge in [-0.25, -0.2) is 29.2 Å². The lowest BCUT2D eigenvalue weighted by molar-refractivity contribution is 0.00217. The summed E-state index contributed by atoms with van der Waals surface area (Å²) in [5.74, 6) is -0.515. The van der Waals surface area contributed by atoms with Gasteiger partial charge in [-0.2, -0.15) is 0 Å². The van der Waals surface area contributed by atoms with Gasteiger partial charge in [-0.05, 0) is 38.5 Å². The van der Waals surface area contributed by atoms with Crippen LogP contribution >= 0.6 is 0 Å². The lowest BCUT2D eigenvalue weighted by atomic mass is 9.88. The van der Waals surface area contributed by atoms with Gasteiger partial charge in [0, 0.05) is 24.8 Å². The molecule has 3 amide bonds. The lowest BCUT2D eigenvalue weighted by Gasteiger charge is -2.42. The summed E-state index contributed by atoms with van der Waals surface area (Å²) < 4.78 is 29.3. The van der Waals surface area contributed by atoms with E-state index < -0.39 is 35.8 Å². The maximum absolute atomic E-state index is 14.3. The number of likely N-dealkylation sites (N-methyl/N-ethyl adjacent to an activating group) is 1. The van der Waals surface area contributed by atoms with Crippen LogP contribution in [0.25, 0.3) is 0 Å². The van der Waals surface area contributed by atoms with Crippen molar-refractivity contribution < 1.29 is 33.0 Å². The van der Waals surface area contributed by atoms with Crippen molar-refractivity contribution in [2.45, 2.75) is 32.0 Å². The molecule has 2 atom stereocenters. The molecule has 1 N–H and O–H groups in total. The number of ether oxygens (including phenoxy) is 3. The van der Waals surface area contributed by atoms with E-state index in [0.29, 0.717) is 11.3 Å². The normalized spacial score (nSPS) is 21.6. The fourth-order valence-corrected chi connectivity index (χ4v) is 4.30. The van der Waals surface area contributed by atoms with E-state index in [4.69, 9.17) is 14.2 Å². The van der Waals surface area contributed by atoms with Crippen LogP contribution < -0.4 is 10.3 Å². The number of rotatable bonds is 3. The summed E-state index contributed by atoms with van der Waals surface area (Å²) in [7, 11) is 2.97. The Morgan fingerprint density at radius 1 is 1.27 bits per heavy atom. The Morgan fingerprint density at radius 3 is 2.60 bits per heavy atom. The smallest absolute Gasteiger partial charge is 0.429 e. The molecular formula is C19H25FN4O6. The summed E-state index contributed by atoms with van der Waals surface area (Å²) in [5.41, 5.74) is 2.16. The number of methoxy groups -OCH3 is 1. The number of anilines is 1. The molecule has 2 aliphatic rings. The summed E-state index contributed by atoms with van der Waals surface area (Å²) in [6, 6.07) is 4.15. The number of fused-ring (bicyclic) bond motifs is 3. The highest BCUT2D eigenvalue weighted by molar-refractivity contribution is 5.79. The molecule has 164 valence electrons. The highest BCUT2D eigenvalue weighted by Crippen LogP contribution is 2.53. The van der Waals surface area contributed by atoms with Crippen molar-refractivity contribution in [1.82, 2.24) is 15.3 Å². The number of carbonyl (C=O) groups is 3. The second-order valence-electron chi connectivity index (χ2n) is 6.85. The zero-order chi connectivity index (χ0) is 22.1. The zero-order valence-corrected chi connectivity index (χ0v) is 17.3. The molecule has 0 aromatic heterocycles. The fourth-order valence-electron chi connectivity index (χ4n) is 4.30. The van der Waals surface area contributed by atoms with Gasteiger partial charge in [0.05, 0.1) is 20.3 Å². The molecule has 0 bridgehead atoms. The van der Waals surface area contributed by atoms with E-state index >= 15 is 0 Å². The molecule has 0 unspecified atom stereocenters. The molecule has 30 heavy (non-hydrogen) atoms. The molecular weight excluding hydrogens is 399 g/mol. The van der Waals surface area contributed by atoms with Crippen LogP contribution in [0.4, 0.5) is 24.5 Å². The molecule has 2 aliphatic heterocycles. The Kier molecular flexibility index (Phi) is 5.90. The number of hydrogen-bond donors (Lipinski definition) is 1. The van der Waals surface area contributed by atoms with Gasteiger partial charge in [0.15, 0.2) is 0 Å². The van der Waals surface area contributed by atoms with Gasteiger partial charge in [0.1, 0.15) is 17.5 Å². The molecule has 0 spiro atoms. The molecule has 11 heteroatoms. The van der Waals surface area contributed by atoms with Crippen molar-refractivity contribution >= 4 is 24.0 Å². The number of hydrogen-bond acceptors (Lipinski definition) is 7. The van der Waals surface area contributed by atoms with E-state index in [1.807, 2.05) is 0 Å². The quantitative estimate of drug-likeness (QED) is 0.587. The summed E-state index contributed by atoms with van der Waals surface area (Å²) in [5, 5.41) is 1.00. The third-order valence-electron chi connectivity index (χ3n) is 5.37. The second-order valence-corrected chi connectivity index (χ2v) is 6.85. The van der Waals surface area contributed by atoms with Gasteiger partial charge in [-0.3, -0.25) is 4.90 Å². The van der Waals surface area contributed by atoms with Crippen LogP contribution in [0.5, 0.6) is 0 Å². The third kappa shape index (κ3) is 3.23. The van der Waals surface area contributed by atoms with Crippen LogP contribution in [0.15, 0.2) is 18.2 Å². The third-order valence-corrected chi connectivity index (χ3v) is 5.37. The Bertz CT molecular complexity index is 852. The molecule has 1 aromatic carbocycles. The summed E-state index contributed by atoms with van der Waals surface area (Å²) in [6.45, 7) is 3.58. The van der Waals surface area contributed by atoms with Gasteiger partial charge in [0.2, 0.25) is 0 Å². The number of nitrogens with zero attached hydrogens (tertiary/aromatic N) is 3. The van der Waals surface area contributed by atoms with Crippen LogP contribution in [0.2, 0.25) is 0 Å². The molecule has 3 rings (SSSR count). The van der Waals surface area contributed by atoms with Crippen molar-refractivity contribution in [1.29, 1.82) is 0 Å². The molecule has 1 aromatic rings. The van der Waals surface area contributed by atoms with Gasteiger partial charge < -0.3 is 19.1 Å². The number of likely N-dealkylation sites (tertiary alicyclic amines) is 1. The Hall–Kier alpha value is -3.24. The number of benzene rings is 1. The minimum absolute atomic E-state index is 0.0488. The number of carbonyl (C=O) groups excluding carboxylic acids is 3. The predicted octanol–water partition coefficient (Wildman–Crippen LogP) is 2.39. The SMILES string of the molecule is CCOC(=O)NN(C(=O)OCC)[C@@]12CCN(C(=O)OC)[C@@H]1N(C)c1ccc(F)cc12. The van der Waals surface area contributed by atoms with E-state index in [0.717, 1.165) is 5.01 Å². The molecule has 2 heterocycles. The molecule has 0 aliphatic carbocycles. The summed E-state index contributed by atoms with van der Waals surface area (Å²) in [4.78, 5) is 40.8. The molecule has 10 nitrogen and oxygen atoms in total. The minimum atomic E-state index is -1.32. The van der Waals surface area contributed by atoms with Gasteiger partial charge in [0.25, 0.3) is 0 Å². The Balaban J connectivity index is 2.18. The highest BCUT2D eigenvalue weighted by atomic mass is 19.1.